The molecule has 0 atom stereocenters. The van der Waals surface area contributed by atoms with Crippen LogP contribution < -0.4 is 15.6 Å². The highest BCUT2D eigenvalue weighted by atomic mass is 19.4. The van der Waals surface area contributed by atoms with Crippen LogP contribution in [0.25, 0.3) is 0 Å². The fraction of sp³-hybridized carbons (Fsp3) is 0.286. The van der Waals surface area contributed by atoms with E-state index in [1.54, 1.807) is 24.5 Å². The SMILES string of the molecule is O=C(CCc1ccccn1)c1ccn(CCCCn2cc(C(=O)NCc3cccc(OC(F)(F)F)c3)nn2)c(=O)c1. The van der Waals surface area contributed by atoms with Gasteiger partial charge in [-0.2, -0.15) is 0 Å². The van der Waals surface area contributed by atoms with Crippen LogP contribution in [-0.4, -0.2) is 42.6 Å². The first-order valence-electron chi connectivity index (χ1n) is 12.8. The van der Waals surface area contributed by atoms with E-state index in [0.29, 0.717) is 43.5 Å². The summed E-state index contributed by atoms with van der Waals surface area (Å²) in [5.41, 5.74) is 1.41. The highest BCUT2D eigenvalue weighted by Crippen LogP contribution is 2.23. The van der Waals surface area contributed by atoms with Crippen LogP contribution in [0.1, 0.15) is 51.4 Å². The van der Waals surface area contributed by atoms with Gasteiger partial charge in [0.15, 0.2) is 11.5 Å². The monoisotopic (exact) mass is 568 g/mol. The Balaban J connectivity index is 1.19. The third-order valence-electron chi connectivity index (χ3n) is 6.05. The van der Waals surface area contributed by atoms with E-state index in [1.165, 1.54) is 39.7 Å². The second kappa shape index (κ2) is 13.5. The number of ketones is 1. The molecule has 214 valence electrons. The molecular weight excluding hydrogens is 541 g/mol. The number of nitrogens with one attached hydrogen (secondary N) is 1. The maximum Gasteiger partial charge on any atom is 0.573 e. The number of unbranched alkanes of at least 4 members (excludes halogenated alkanes) is 1. The second-order valence-electron chi connectivity index (χ2n) is 9.14. The van der Waals surface area contributed by atoms with Crippen molar-refractivity contribution >= 4 is 11.7 Å². The minimum Gasteiger partial charge on any atom is -0.406 e. The van der Waals surface area contributed by atoms with Gasteiger partial charge >= 0.3 is 6.36 Å². The molecule has 0 bridgehead atoms. The summed E-state index contributed by atoms with van der Waals surface area (Å²) >= 11 is 0. The van der Waals surface area contributed by atoms with Crippen molar-refractivity contribution in [3.05, 3.63) is 106 Å². The number of aryl methyl sites for hydroxylation is 3. The molecule has 4 aromatic rings. The summed E-state index contributed by atoms with van der Waals surface area (Å²) in [6, 6.07) is 13.8. The smallest absolute Gasteiger partial charge is 0.406 e. The summed E-state index contributed by atoms with van der Waals surface area (Å²) < 4.78 is 44.1. The number of carbonyl (C=O) groups excluding carboxylic acids is 2. The van der Waals surface area contributed by atoms with Gasteiger partial charge in [0, 0.05) is 55.8 Å². The lowest BCUT2D eigenvalue weighted by Crippen LogP contribution is -2.23. The molecular formula is C28H27F3N6O4. The highest BCUT2D eigenvalue weighted by Gasteiger charge is 2.31. The normalized spacial score (nSPS) is 11.3. The summed E-state index contributed by atoms with van der Waals surface area (Å²) in [5.74, 6) is -1.02. The lowest BCUT2D eigenvalue weighted by Gasteiger charge is -2.10. The number of benzene rings is 1. The van der Waals surface area contributed by atoms with Crippen LogP contribution in [0.2, 0.25) is 0 Å². The molecule has 3 aromatic heterocycles. The maximum absolute atomic E-state index is 12.5. The van der Waals surface area contributed by atoms with Crippen molar-refractivity contribution in [3.63, 3.8) is 0 Å². The van der Waals surface area contributed by atoms with Crippen LogP contribution >= 0.6 is 0 Å². The van der Waals surface area contributed by atoms with Crippen LogP contribution in [0, 0.1) is 0 Å². The number of nitrogens with zero attached hydrogens (tertiary/aromatic N) is 5. The first kappa shape index (κ1) is 29.2. The molecule has 41 heavy (non-hydrogen) atoms. The molecule has 0 aliphatic carbocycles. The zero-order chi connectivity index (χ0) is 29.2. The number of hydrogen-bond acceptors (Lipinski definition) is 7. The number of carbonyl (C=O) groups is 2. The van der Waals surface area contributed by atoms with E-state index in [4.69, 9.17) is 0 Å². The van der Waals surface area contributed by atoms with Crippen molar-refractivity contribution in [2.24, 2.45) is 0 Å². The topological polar surface area (TPSA) is 121 Å². The van der Waals surface area contributed by atoms with Crippen molar-refractivity contribution in [2.75, 3.05) is 0 Å². The number of amides is 1. The molecule has 10 nitrogen and oxygen atoms in total. The predicted octanol–water partition coefficient (Wildman–Crippen LogP) is 3.96. The summed E-state index contributed by atoms with van der Waals surface area (Å²) in [5, 5.41) is 10.4. The Hall–Kier alpha value is -4.81. The number of alkyl halides is 3. The van der Waals surface area contributed by atoms with Crippen LogP contribution in [0.5, 0.6) is 5.75 Å². The van der Waals surface area contributed by atoms with E-state index in [2.05, 4.69) is 25.3 Å². The van der Waals surface area contributed by atoms with E-state index in [-0.39, 0.29) is 35.8 Å². The Labute approximate surface area is 232 Å². The Morgan fingerprint density at radius 1 is 1.00 bits per heavy atom. The lowest BCUT2D eigenvalue weighted by molar-refractivity contribution is -0.274. The largest absolute Gasteiger partial charge is 0.573 e. The van der Waals surface area contributed by atoms with Gasteiger partial charge in [-0.15, -0.1) is 18.3 Å². The van der Waals surface area contributed by atoms with Crippen molar-refractivity contribution < 1.29 is 27.5 Å². The minimum absolute atomic E-state index is 0.0237. The van der Waals surface area contributed by atoms with E-state index >= 15 is 0 Å². The summed E-state index contributed by atoms with van der Waals surface area (Å²) in [6.45, 7) is 0.875. The molecule has 0 saturated carbocycles. The van der Waals surface area contributed by atoms with Crippen LogP contribution in [-0.2, 0) is 26.1 Å². The van der Waals surface area contributed by atoms with Gasteiger partial charge in [0.2, 0.25) is 0 Å². The van der Waals surface area contributed by atoms with Crippen molar-refractivity contribution in [1.82, 2.24) is 29.9 Å². The standard InChI is InChI=1S/C28H27F3N6O4/c29-28(30,31)41-23-8-5-6-20(16-23)18-33-27(40)24-19-37(35-34-24)14-4-3-13-36-15-11-21(17-26(36)39)25(38)10-9-22-7-1-2-12-32-22/h1-2,5-8,11-12,15-17,19H,3-4,9-10,13-14,18H2,(H,33,40). The van der Waals surface area contributed by atoms with Gasteiger partial charge in [-0.25, -0.2) is 0 Å². The van der Waals surface area contributed by atoms with Gasteiger partial charge in [0.25, 0.3) is 11.5 Å². The van der Waals surface area contributed by atoms with Crippen molar-refractivity contribution in [2.45, 2.75) is 51.7 Å². The Morgan fingerprint density at radius 3 is 2.59 bits per heavy atom. The second-order valence-corrected chi connectivity index (χ2v) is 9.14. The summed E-state index contributed by atoms with van der Waals surface area (Å²) in [4.78, 5) is 41.5. The molecule has 3 heterocycles. The Bertz CT molecular complexity index is 1540. The van der Waals surface area contributed by atoms with Gasteiger partial charge in [0.05, 0.1) is 6.20 Å². The molecule has 0 radical (unpaired) electrons. The highest BCUT2D eigenvalue weighted by molar-refractivity contribution is 5.96. The van der Waals surface area contributed by atoms with Crippen molar-refractivity contribution in [1.29, 1.82) is 0 Å². The third-order valence-corrected chi connectivity index (χ3v) is 6.05. The first-order chi connectivity index (χ1) is 19.7. The average Bonchev–Trinajstić information content (AvgIpc) is 3.42. The first-order valence-corrected chi connectivity index (χ1v) is 12.8. The molecule has 0 spiro atoms. The van der Waals surface area contributed by atoms with E-state index in [9.17, 15) is 27.6 Å². The molecule has 0 aliphatic heterocycles. The van der Waals surface area contributed by atoms with Gasteiger partial charge in [-0.1, -0.05) is 23.4 Å². The number of Topliss-reactive ketones (excluding diaryl/α,β-unsaturated/α-hetero) is 1. The quantitative estimate of drug-likeness (QED) is 0.191. The number of hydrogen-bond donors (Lipinski definition) is 1. The number of ether oxygens (including phenoxy) is 1. The molecule has 1 N–H and O–H groups in total. The number of aromatic nitrogens is 5. The molecule has 1 aromatic carbocycles. The van der Waals surface area contributed by atoms with E-state index in [1.807, 2.05) is 18.2 Å². The fourth-order valence-corrected chi connectivity index (χ4v) is 3.99. The minimum atomic E-state index is -4.80. The average molecular weight is 569 g/mol. The molecule has 0 aliphatic rings. The van der Waals surface area contributed by atoms with E-state index in [0.717, 1.165) is 5.69 Å². The summed E-state index contributed by atoms with van der Waals surface area (Å²) in [7, 11) is 0. The van der Waals surface area contributed by atoms with Crippen LogP contribution in [0.4, 0.5) is 13.2 Å². The zero-order valence-electron chi connectivity index (χ0n) is 21.9. The predicted molar refractivity (Wildman–Crippen MR) is 141 cm³/mol. The van der Waals surface area contributed by atoms with Gasteiger partial charge < -0.3 is 14.6 Å². The molecule has 0 saturated heterocycles. The molecule has 1 amide bonds. The number of pyridine rings is 2. The van der Waals surface area contributed by atoms with Gasteiger partial charge in [-0.05, 0) is 55.2 Å². The van der Waals surface area contributed by atoms with Crippen LogP contribution in [0.3, 0.4) is 0 Å². The fourth-order valence-electron chi connectivity index (χ4n) is 3.99. The third kappa shape index (κ3) is 9.12. The molecule has 0 fully saturated rings. The zero-order valence-corrected chi connectivity index (χ0v) is 21.9. The van der Waals surface area contributed by atoms with Crippen molar-refractivity contribution in [3.8, 4) is 5.75 Å². The van der Waals surface area contributed by atoms with Gasteiger partial charge in [0.1, 0.15) is 5.75 Å². The maximum atomic E-state index is 12.5. The number of rotatable bonds is 13. The number of halogens is 3. The van der Waals surface area contributed by atoms with Gasteiger partial charge in [-0.3, -0.25) is 24.0 Å². The molecule has 13 heteroatoms. The molecule has 0 unspecified atom stereocenters. The lowest BCUT2D eigenvalue weighted by atomic mass is 10.1. The van der Waals surface area contributed by atoms with Crippen LogP contribution in [0.15, 0.2) is 78.0 Å². The Morgan fingerprint density at radius 2 is 1.83 bits per heavy atom. The summed E-state index contributed by atoms with van der Waals surface area (Å²) in [6.07, 6.45) is 2.01. The Kier molecular flexibility index (Phi) is 9.61. The van der Waals surface area contributed by atoms with E-state index < -0.39 is 12.3 Å². The molecule has 4 rings (SSSR count).